The van der Waals surface area contributed by atoms with E-state index in [1.807, 2.05) is 30.3 Å². The predicted molar refractivity (Wildman–Crippen MR) is 93.6 cm³/mol. The summed E-state index contributed by atoms with van der Waals surface area (Å²) in [6, 6.07) is 13.0. The average molecular weight is 367 g/mol. The molecule has 25 heavy (non-hydrogen) atoms. The fraction of sp³-hybridized carbons (Fsp3) is 0.333. The average Bonchev–Trinajstić information content (AvgIpc) is 2.61. The minimum absolute atomic E-state index is 0.0179. The molecule has 2 aromatic carbocycles. The van der Waals surface area contributed by atoms with Crippen LogP contribution in [-0.2, 0) is 10.0 Å². The van der Waals surface area contributed by atoms with Crippen LogP contribution in [0.5, 0.6) is 5.75 Å². The third-order valence-corrected chi connectivity index (χ3v) is 5.43. The van der Waals surface area contributed by atoms with Crippen LogP contribution in [0.15, 0.2) is 53.4 Å². The number of halogens is 1. The van der Waals surface area contributed by atoms with Crippen molar-refractivity contribution in [1.29, 1.82) is 0 Å². The molecule has 0 saturated carbocycles. The lowest BCUT2D eigenvalue weighted by molar-refractivity contribution is 0.273. The van der Waals surface area contributed by atoms with Crippen molar-refractivity contribution in [1.82, 2.24) is 4.72 Å². The third-order valence-electron chi connectivity index (χ3n) is 3.95. The molecule has 0 amide bonds. The molecule has 0 aliphatic heterocycles. The molecule has 0 bridgehead atoms. The summed E-state index contributed by atoms with van der Waals surface area (Å²) in [7, 11) is -2.56. The molecule has 5 nitrogen and oxygen atoms in total. The van der Waals surface area contributed by atoms with Gasteiger partial charge in [0, 0.05) is 13.2 Å². The van der Waals surface area contributed by atoms with E-state index in [1.165, 1.54) is 13.2 Å². The Morgan fingerprint density at radius 1 is 1.16 bits per heavy atom. The van der Waals surface area contributed by atoms with E-state index in [2.05, 4.69) is 4.72 Å². The highest BCUT2D eigenvalue weighted by atomic mass is 32.2. The van der Waals surface area contributed by atoms with Gasteiger partial charge in [0.05, 0.1) is 7.11 Å². The Balaban J connectivity index is 2.08. The third kappa shape index (κ3) is 5.26. The zero-order valence-electron chi connectivity index (χ0n) is 14.0. The van der Waals surface area contributed by atoms with Crippen LogP contribution in [0.1, 0.15) is 24.3 Å². The molecule has 0 radical (unpaired) electrons. The van der Waals surface area contributed by atoms with E-state index >= 15 is 0 Å². The first kappa shape index (κ1) is 19.4. The van der Waals surface area contributed by atoms with Crippen molar-refractivity contribution < 1.29 is 22.7 Å². The molecule has 0 unspecified atom stereocenters. The standard InChI is InChI=1S/C18H22FNO4S/c1-24-17-8-7-16(19)13-18(17)25(22,23)20-11-9-15(10-12-21)14-5-3-2-4-6-14/h2-8,13,15,20-21H,9-12H2,1H3/t15-/m1/s1. The first-order valence-corrected chi connectivity index (χ1v) is 9.45. The summed E-state index contributed by atoms with van der Waals surface area (Å²) in [5, 5.41) is 9.24. The summed E-state index contributed by atoms with van der Waals surface area (Å²) in [6.45, 7) is 0.186. The van der Waals surface area contributed by atoms with Crippen molar-refractivity contribution in [3.63, 3.8) is 0 Å². The molecule has 0 spiro atoms. The minimum atomic E-state index is -3.90. The van der Waals surface area contributed by atoms with Crippen LogP contribution in [0.4, 0.5) is 4.39 Å². The Hall–Kier alpha value is -1.96. The van der Waals surface area contributed by atoms with Gasteiger partial charge >= 0.3 is 0 Å². The number of ether oxygens (including phenoxy) is 1. The Kier molecular flexibility index (Phi) is 6.92. The first-order chi connectivity index (χ1) is 12.0. The number of aliphatic hydroxyl groups is 1. The Morgan fingerprint density at radius 3 is 2.52 bits per heavy atom. The fourth-order valence-electron chi connectivity index (χ4n) is 2.66. The minimum Gasteiger partial charge on any atom is -0.495 e. The van der Waals surface area contributed by atoms with Crippen LogP contribution >= 0.6 is 0 Å². The van der Waals surface area contributed by atoms with Gasteiger partial charge in [-0.3, -0.25) is 0 Å². The quantitative estimate of drug-likeness (QED) is 0.714. The van der Waals surface area contributed by atoms with Crippen LogP contribution in [0, 0.1) is 5.82 Å². The van der Waals surface area contributed by atoms with Gasteiger partial charge in [-0.15, -0.1) is 0 Å². The molecule has 2 aromatic rings. The van der Waals surface area contributed by atoms with Crippen LogP contribution in [-0.4, -0.2) is 33.8 Å². The SMILES string of the molecule is COc1ccc(F)cc1S(=O)(=O)NCC[C@H](CCO)c1ccccc1. The number of hydrogen-bond donors (Lipinski definition) is 2. The maximum Gasteiger partial charge on any atom is 0.244 e. The summed E-state index contributed by atoms with van der Waals surface area (Å²) in [6.07, 6.45) is 1.05. The van der Waals surface area contributed by atoms with E-state index in [0.717, 1.165) is 17.7 Å². The van der Waals surface area contributed by atoms with Crippen LogP contribution in [0.2, 0.25) is 0 Å². The fourth-order valence-corrected chi connectivity index (χ4v) is 3.89. The molecule has 0 fully saturated rings. The molecule has 0 aliphatic rings. The molecule has 1 atom stereocenters. The Bertz CT molecular complexity index is 781. The van der Waals surface area contributed by atoms with Gasteiger partial charge in [0.2, 0.25) is 10.0 Å². The lowest BCUT2D eigenvalue weighted by Gasteiger charge is -2.17. The smallest absolute Gasteiger partial charge is 0.244 e. The largest absolute Gasteiger partial charge is 0.495 e. The molecular weight excluding hydrogens is 345 g/mol. The van der Waals surface area contributed by atoms with Crippen LogP contribution in [0.25, 0.3) is 0 Å². The lowest BCUT2D eigenvalue weighted by atomic mass is 9.93. The monoisotopic (exact) mass is 367 g/mol. The summed E-state index contributed by atoms with van der Waals surface area (Å²) in [4.78, 5) is -0.228. The maximum absolute atomic E-state index is 13.4. The molecule has 2 rings (SSSR count). The summed E-state index contributed by atoms with van der Waals surface area (Å²) >= 11 is 0. The number of methoxy groups -OCH3 is 1. The number of sulfonamides is 1. The number of nitrogens with one attached hydrogen (secondary N) is 1. The van der Waals surface area contributed by atoms with E-state index < -0.39 is 15.8 Å². The van der Waals surface area contributed by atoms with Crippen molar-refractivity contribution in [2.75, 3.05) is 20.3 Å². The molecule has 0 aliphatic carbocycles. The van der Waals surface area contributed by atoms with Gasteiger partial charge in [0.25, 0.3) is 0 Å². The van der Waals surface area contributed by atoms with Crippen LogP contribution in [0.3, 0.4) is 0 Å². The van der Waals surface area contributed by atoms with Crippen molar-refractivity contribution in [2.24, 2.45) is 0 Å². The normalized spacial score (nSPS) is 12.8. The van der Waals surface area contributed by atoms with Crippen LogP contribution < -0.4 is 9.46 Å². The topological polar surface area (TPSA) is 75.6 Å². The predicted octanol–water partition coefficient (Wildman–Crippen LogP) is 2.67. The molecule has 2 N–H and O–H groups in total. The highest BCUT2D eigenvalue weighted by molar-refractivity contribution is 7.89. The summed E-state index contributed by atoms with van der Waals surface area (Å²) in [5.74, 6) is -0.532. The van der Waals surface area contributed by atoms with E-state index in [-0.39, 0.29) is 29.7 Å². The summed E-state index contributed by atoms with van der Waals surface area (Å²) < 4.78 is 45.8. The second-order valence-electron chi connectivity index (χ2n) is 5.60. The molecule has 0 aromatic heterocycles. The van der Waals surface area contributed by atoms with Gasteiger partial charge < -0.3 is 9.84 Å². The number of hydrogen-bond acceptors (Lipinski definition) is 4. The van der Waals surface area contributed by atoms with Crippen molar-refractivity contribution in [3.8, 4) is 5.75 Å². The van der Waals surface area contributed by atoms with E-state index in [1.54, 1.807) is 0 Å². The van der Waals surface area contributed by atoms with Gasteiger partial charge in [-0.2, -0.15) is 0 Å². The highest BCUT2D eigenvalue weighted by Crippen LogP contribution is 2.25. The van der Waals surface area contributed by atoms with Gasteiger partial charge in [0.1, 0.15) is 16.5 Å². The van der Waals surface area contributed by atoms with E-state index in [0.29, 0.717) is 12.8 Å². The molecule has 136 valence electrons. The van der Waals surface area contributed by atoms with Gasteiger partial charge in [0.15, 0.2) is 0 Å². The summed E-state index contributed by atoms with van der Waals surface area (Å²) in [5.41, 5.74) is 1.04. The first-order valence-electron chi connectivity index (χ1n) is 7.97. The lowest BCUT2D eigenvalue weighted by Crippen LogP contribution is -2.26. The zero-order valence-corrected chi connectivity index (χ0v) is 14.8. The molecule has 0 heterocycles. The van der Waals surface area contributed by atoms with Gasteiger partial charge in [-0.1, -0.05) is 30.3 Å². The Labute approximate surface area is 147 Å². The number of benzene rings is 2. The van der Waals surface area contributed by atoms with E-state index in [9.17, 15) is 17.9 Å². The second kappa shape index (κ2) is 8.94. The van der Waals surface area contributed by atoms with Gasteiger partial charge in [-0.25, -0.2) is 17.5 Å². The van der Waals surface area contributed by atoms with Crippen molar-refractivity contribution >= 4 is 10.0 Å². The van der Waals surface area contributed by atoms with Crippen molar-refractivity contribution in [2.45, 2.75) is 23.7 Å². The highest BCUT2D eigenvalue weighted by Gasteiger charge is 2.21. The van der Waals surface area contributed by atoms with E-state index in [4.69, 9.17) is 4.74 Å². The maximum atomic E-state index is 13.4. The number of rotatable bonds is 9. The zero-order chi connectivity index (χ0) is 18.3. The molecular formula is C18H22FNO4S. The second-order valence-corrected chi connectivity index (χ2v) is 7.34. The molecule has 7 heteroatoms. The Morgan fingerprint density at radius 2 is 1.88 bits per heavy atom. The molecule has 0 saturated heterocycles. The van der Waals surface area contributed by atoms with Crippen molar-refractivity contribution in [3.05, 3.63) is 59.9 Å². The number of aliphatic hydroxyl groups excluding tert-OH is 1. The van der Waals surface area contributed by atoms with Gasteiger partial charge in [-0.05, 0) is 42.5 Å².